The van der Waals surface area contributed by atoms with Crippen molar-refractivity contribution in [2.75, 3.05) is 7.11 Å². The quantitative estimate of drug-likeness (QED) is 0.690. The highest BCUT2D eigenvalue weighted by atomic mass is 35.5. The number of ether oxygens (including phenoxy) is 2. The van der Waals surface area contributed by atoms with E-state index in [-0.39, 0.29) is 0 Å². The van der Waals surface area contributed by atoms with Gasteiger partial charge in [-0.05, 0) is 35.9 Å². The smallest absolute Gasteiger partial charge is 0.161 e. The lowest BCUT2D eigenvalue weighted by Crippen LogP contribution is -1.99. The lowest BCUT2D eigenvalue weighted by atomic mass is 10.2. The van der Waals surface area contributed by atoms with Crippen LogP contribution in [0.15, 0.2) is 36.4 Å². The first-order chi connectivity index (χ1) is 9.63. The molecule has 0 aromatic heterocycles. The van der Waals surface area contributed by atoms with E-state index in [2.05, 4.69) is 0 Å². The molecule has 2 nitrogen and oxygen atoms in total. The minimum Gasteiger partial charge on any atom is -0.493 e. The summed E-state index contributed by atoms with van der Waals surface area (Å²) in [6.45, 7) is 0.315. The van der Waals surface area contributed by atoms with Crippen molar-refractivity contribution in [3.8, 4) is 11.5 Å². The van der Waals surface area contributed by atoms with Crippen LogP contribution in [-0.2, 0) is 12.5 Å². The van der Waals surface area contributed by atoms with E-state index in [1.54, 1.807) is 25.3 Å². The Hall–Kier alpha value is -1.09. The molecule has 0 amide bonds. The molecule has 0 spiro atoms. The van der Waals surface area contributed by atoms with Crippen LogP contribution in [0.4, 0.5) is 0 Å². The Morgan fingerprint density at radius 3 is 2.50 bits per heavy atom. The van der Waals surface area contributed by atoms with Crippen LogP contribution in [0.25, 0.3) is 0 Å². The Kier molecular flexibility index (Phi) is 5.41. The molecule has 0 aliphatic carbocycles. The second kappa shape index (κ2) is 7.07. The van der Waals surface area contributed by atoms with Crippen molar-refractivity contribution in [3.05, 3.63) is 57.6 Å². The minimum atomic E-state index is 0.315. The first-order valence-electron chi connectivity index (χ1n) is 5.93. The van der Waals surface area contributed by atoms with Gasteiger partial charge in [0.05, 0.1) is 7.11 Å². The first kappa shape index (κ1) is 15.3. The Balaban J connectivity index is 2.16. The van der Waals surface area contributed by atoms with Crippen LogP contribution < -0.4 is 9.47 Å². The fraction of sp³-hybridized carbons (Fsp3) is 0.200. The zero-order chi connectivity index (χ0) is 14.5. The molecule has 0 atom stereocenters. The van der Waals surface area contributed by atoms with E-state index in [0.29, 0.717) is 34.0 Å². The molecule has 0 N–H and O–H groups in total. The third-order valence-corrected chi connectivity index (χ3v) is 3.69. The molecule has 0 aliphatic heterocycles. The fourth-order valence-corrected chi connectivity index (χ4v) is 2.26. The van der Waals surface area contributed by atoms with Gasteiger partial charge < -0.3 is 9.47 Å². The minimum absolute atomic E-state index is 0.315. The number of rotatable bonds is 5. The largest absolute Gasteiger partial charge is 0.493 e. The molecule has 0 saturated carbocycles. The van der Waals surface area contributed by atoms with Gasteiger partial charge in [-0.25, -0.2) is 0 Å². The maximum absolute atomic E-state index is 6.10. The Morgan fingerprint density at radius 2 is 1.80 bits per heavy atom. The molecule has 0 heterocycles. The molecule has 0 aliphatic rings. The Labute approximate surface area is 133 Å². The predicted octanol–water partition coefficient (Wildman–Crippen LogP) is 5.32. The monoisotopic (exact) mass is 330 g/mol. The molecule has 0 bridgehead atoms. The maximum Gasteiger partial charge on any atom is 0.161 e. The van der Waals surface area contributed by atoms with Crippen molar-refractivity contribution < 1.29 is 9.47 Å². The normalized spacial score (nSPS) is 10.4. The molecule has 0 radical (unpaired) electrons. The summed E-state index contributed by atoms with van der Waals surface area (Å²) in [5.41, 5.74) is 1.79. The molecule has 0 saturated heterocycles. The molecule has 20 heavy (non-hydrogen) atoms. The van der Waals surface area contributed by atoms with Gasteiger partial charge in [-0.2, -0.15) is 0 Å². The van der Waals surface area contributed by atoms with Crippen molar-refractivity contribution >= 4 is 34.8 Å². The number of hydrogen-bond donors (Lipinski definition) is 0. The summed E-state index contributed by atoms with van der Waals surface area (Å²) in [5.74, 6) is 1.70. The summed E-state index contributed by atoms with van der Waals surface area (Å²) >= 11 is 17.8. The summed E-state index contributed by atoms with van der Waals surface area (Å²) in [7, 11) is 1.59. The molecule has 0 fully saturated rings. The lowest BCUT2D eigenvalue weighted by Gasteiger charge is -2.12. The lowest BCUT2D eigenvalue weighted by molar-refractivity contribution is 0.284. The standard InChI is InChI=1S/C15H13Cl3O2/c1-19-15-6-10(8-16)2-5-14(15)20-9-11-7-12(17)3-4-13(11)18/h2-7H,8-9H2,1H3. The highest BCUT2D eigenvalue weighted by Gasteiger charge is 2.08. The van der Waals surface area contributed by atoms with Crippen molar-refractivity contribution in [2.24, 2.45) is 0 Å². The van der Waals surface area contributed by atoms with Crippen molar-refractivity contribution in [1.29, 1.82) is 0 Å². The average molecular weight is 332 g/mol. The number of methoxy groups -OCH3 is 1. The van der Waals surface area contributed by atoms with Crippen LogP contribution in [0.1, 0.15) is 11.1 Å². The molecular formula is C15H13Cl3O2. The fourth-order valence-electron chi connectivity index (χ4n) is 1.72. The summed E-state index contributed by atoms with van der Waals surface area (Å²) in [6.07, 6.45) is 0. The van der Waals surface area contributed by atoms with Gasteiger partial charge in [0.15, 0.2) is 11.5 Å². The predicted molar refractivity (Wildman–Crippen MR) is 83.3 cm³/mol. The van der Waals surface area contributed by atoms with Gasteiger partial charge >= 0.3 is 0 Å². The maximum atomic E-state index is 6.10. The Morgan fingerprint density at radius 1 is 1.00 bits per heavy atom. The highest BCUT2D eigenvalue weighted by molar-refractivity contribution is 6.33. The summed E-state index contributed by atoms with van der Waals surface area (Å²) in [5, 5.41) is 1.24. The zero-order valence-corrected chi connectivity index (χ0v) is 13.1. The number of hydrogen-bond acceptors (Lipinski definition) is 2. The van der Waals surface area contributed by atoms with Gasteiger partial charge in [0.1, 0.15) is 6.61 Å². The van der Waals surface area contributed by atoms with E-state index in [4.69, 9.17) is 44.3 Å². The number of benzene rings is 2. The first-order valence-corrected chi connectivity index (χ1v) is 7.22. The SMILES string of the molecule is COc1cc(CCl)ccc1OCc1cc(Cl)ccc1Cl. The van der Waals surface area contributed by atoms with E-state index in [9.17, 15) is 0 Å². The van der Waals surface area contributed by atoms with Crippen LogP contribution in [0.2, 0.25) is 10.0 Å². The van der Waals surface area contributed by atoms with Gasteiger partial charge in [-0.1, -0.05) is 29.3 Å². The van der Waals surface area contributed by atoms with E-state index in [0.717, 1.165) is 11.1 Å². The molecule has 2 rings (SSSR count). The van der Waals surface area contributed by atoms with E-state index in [1.165, 1.54) is 0 Å². The van der Waals surface area contributed by atoms with Crippen LogP contribution in [0, 0.1) is 0 Å². The van der Waals surface area contributed by atoms with E-state index >= 15 is 0 Å². The van der Waals surface area contributed by atoms with E-state index < -0.39 is 0 Å². The molecule has 106 valence electrons. The molecule has 5 heteroatoms. The van der Waals surface area contributed by atoms with Crippen LogP contribution in [0.3, 0.4) is 0 Å². The van der Waals surface area contributed by atoms with Crippen molar-refractivity contribution in [1.82, 2.24) is 0 Å². The van der Waals surface area contributed by atoms with Gasteiger partial charge in [0.2, 0.25) is 0 Å². The third-order valence-electron chi connectivity index (χ3n) is 2.77. The molecule has 0 unspecified atom stereocenters. The van der Waals surface area contributed by atoms with Crippen LogP contribution in [0.5, 0.6) is 11.5 Å². The summed E-state index contributed by atoms with van der Waals surface area (Å²) in [4.78, 5) is 0. The second-order valence-corrected chi connectivity index (χ2v) is 5.25. The van der Waals surface area contributed by atoms with E-state index in [1.807, 2.05) is 18.2 Å². The topological polar surface area (TPSA) is 18.5 Å². The van der Waals surface area contributed by atoms with Gasteiger partial charge in [0.25, 0.3) is 0 Å². The average Bonchev–Trinajstić information content (AvgIpc) is 2.48. The highest BCUT2D eigenvalue weighted by Crippen LogP contribution is 2.30. The van der Waals surface area contributed by atoms with Gasteiger partial charge in [0, 0.05) is 21.5 Å². The van der Waals surface area contributed by atoms with Crippen molar-refractivity contribution in [2.45, 2.75) is 12.5 Å². The van der Waals surface area contributed by atoms with Crippen molar-refractivity contribution in [3.63, 3.8) is 0 Å². The Bertz CT molecular complexity index is 600. The molecule has 2 aromatic carbocycles. The number of alkyl halides is 1. The van der Waals surface area contributed by atoms with Crippen LogP contribution in [-0.4, -0.2) is 7.11 Å². The molecule has 2 aromatic rings. The van der Waals surface area contributed by atoms with Gasteiger partial charge in [-0.3, -0.25) is 0 Å². The molecular weight excluding hydrogens is 319 g/mol. The van der Waals surface area contributed by atoms with Gasteiger partial charge in [-0.15, -0.1) is 11.6 Å². The number of halogens is 3. The summed E-state index contributed by atoms with van der Waals surface area (Å²) < 4.78 is 11.0. The third kappa shape index (κ3) is 3.72. The van der Waals surface area contributed by atoms with Crippen LogP contribution >= 0.6 is 34.8 Å². The zero-order valence-electron chi connectivity index (χ0n) is 10.8. The summed E-state index contributed by atoms with van der Waals surface area (Å²) in [6, 6.07) is 10.8. The second-order valence-electron chi connectivity index (χ2n) is 4.14.